The van der Waals surface area contributed by atoms with Gasteiger partial charge >= 0.3 is 0 Å². The summed E-state index contributed by atoms with van der Waals surface area (Å²) in [6.07, 6.45) is 3.44. The average Bonchev–Trinajstić information content (AvgIpc) is 3.12. The molecule has 3 saturated heterocycles. The van der Waals surface area contributed by atoms with Crippen LogP contribution in [-0.2, 0) is 5.41 Å². The number of aryl methyl sites for hydroxylation is 1. The van der Waals surface area contributed by atoms with Gasteiger partial charge in [-0.25, -0.2) is 0 Å². The summed E-state index contributed by atoms with van der Waals surface area (Å²) in [6.45, 7) is 7.86. The van der Waals surface area contributed by atoms with E-state index in [0.717, 1.165) is 31.7 Å². The SMILES string of the molecule is B.C=CCC1(COc2ccccc2)C(O)C2(c3nc(C)no3)CCN1CC2. The number of hydrogen-bond donors (Lipinski definition) is 1. The predicted molar refractivity (Wildman–Crippen MR) is 107 cm³/mol. The molecule has 3 aliphatic heterocycles. The lowest BCUT2D eigenvalue weighted by atomic mass is 9.60. The molecule has 1 aromatic carbocycles. The highest BCUT2D eigenvalue weighted by atomic mass is 16.5. The van der Waals surface area contributed by atoms with Crippen LogP contribution in [0.4, 0.5) is 0 Å². The van der Waals surface area contributed by atoms with Crippen LogP contribution >= 0.6 is 0 Å². The van der Waals surface area contributed by atoms with Crippen LogP contribution in [0.15, 0.2) is 47.5 Å². The molecule has 2 atom stereocenters. The quantitative estimate of drug-likeness (QED) is 0.611. The Balaban J connectivity index is 0.00000210. The molecule has 0 saturated carbocycles. The van der Waals surface area contributed by atoms with E-state index in [4.69, 9.17) is 9.26 Å². The van der Waals surface area contributed by atoms with Crippen LogP contribution < -0.4 is 4.74 Å². The van der Waals surface area contributed by atoms with Crippen molar-refractivity contribution in [2.75, 3.05) is 19.7 Å². The van der Waals surface area contributed by atoms with Gasteiger partial charge in [0.2, 0.25) is 5.89 Å². The van der Waals surface area contributed by atoms with E-state index >= 15 is 0 Å². The number of ether oxygens (including phenoxy) is 1. The highest BCUT2D eigenvalue weighted by Gasteiger charge is 2.63. The summed E-state index contributed by atoms with van der Waals surface area (Å²) >= 11 is 0. The summed E-state index contributed by atoms with van der Waals surface area (Å²) in [4.78, 5) is 6.81. The summed E-state index contributed by atoms with van der Waals surface area (Å²) in [7, 11) is 0. The molecule has 0 radical (unpaired) electrons. The van der Waals surface area contributed by atoms with Crippen molar-refractivity contribution in [3.8, 4) is 5.75 Å². The van der Waals surface area contributed by atoms with Gasteiger partial charge in [-0.2, -0.15) is 4.98 Å². The lowest BCUT2D eigenvalue weighted by Gasteiger charge is -2.60. The number of hydrogen-bond acceptors (Lipinski definition) is 6. The minimum atomic E-state index is -0.668. The van der Waals surface area contributed by atoms with E-state index in [9.17, 15) is 5.11 Å². The zero-order valence-electron chi connectivity index (χ0n) is 15.1. The number of rotatable bonds is 6. The molecule has 4 heterocycles. The monoisotopic (exact) mass is 369 g/mol. The fourth-order valence-electron chi connectivity index (χ4n) is 4.59. The molecule has 7 heteroatoms. The average molecular weight is 369 g/mol. The number of nitrogens with zero attached hydrogens (tertiary/aromatic N) is 3. The first kappa shape index (κ1) is 19.6. The number of para-hydroxylation sites is 1. The third-order valence-electron chi connectivity index (χ3n) is 6.00. The van der Waals surface area contributed by atoms with Crippen molar-refractivity contribution in [3.63, 3.8) is 0 Å². The Kier molecular flexibility index (Phi) is 5.44. The number of aliphatic hydroxyl groups is 1. The van der Waals surface area contributed by atoms with Crippen LogP contribution in [0.1, 0.15) is 31.0 Å². The predicted octanol–water partition coefficient (Wildman–Crippen LogP) is 1.30. The second-order valence-electron chi connectivity index (χ2n) is 7.39. The van der Waals surface area contributed by atoms with Crippen molar-refractivity contribution in [1.29, 1.82) is 0 Å². The molecule has 5 rings (SSSR count). The molecule has 2 aromatic rings. The topological polar surface area (TPSA) is 71.6 Å². The largest absolute Gasteiger partial charge is 0.492 e. The number of benzene rings is 1. The van der Waals surface area contributed by atoms with E-state index in [1.807, 2.05) is 43.3 Å². The molecule has 0 spiro atoms. The molecule has 2 bridgehead atoms. The van der Waals surface area contributed by atoms with E-state index in [2.05, 4.69) is 21.6 Å². The van der Waals surface area contributed by atoms with Crippen molar-refractivity contribution in [3.05, 3.63) is 54.7 Å². The molecule has 1 N–H and O–H groups in total. The van der Waals surface area contributed by atoms with Gasteiger partial charge in [0.25, 0.3) is 0 Å². The van der Waals surface area contributed by atoms with Crippen molar-refractivity contribution in [1.82, 2.24) is 15.0 Å². The van der Waals surface area contributed by atoms with E-state index in [-0.39, 0.29) is 8.41 Å². The van der Waals surface area contributed by atoms with Gasteiger partial charge in [-0.1, -0.05) is 29.4 Å². The van der Waals surface area contributed by atoms with Crippen molar-refractivity contribution in [2.24, 2.45) is 0 Å². The lowest BCUT2D eigenvalue weighted by Crippen LogP contribution is -2.74. The Bertz CT molecular complexity index is 774. The van der Waals surface area contributed by atoms with Crippen LogP contribution in [-0.4, -0.2) is 59.9 Å². The zero-order valence-corrected chi connectivity index (χ0v) is 15.1. The molecule has 6 nitrogen and oxygen atoms in total. The van der Waals surface area contributed by atoms with E-state index in [0.29, 0.717) is 24.7 Å². The summed E-state index contributed by atoms with van der Waals surface area (Å²) < 4.78 is 11.6. The number of aliphatic hydroxyl groups excluding tert-OH is 1. The molecule has 1 aromatic heterocycles. The minimum Gasteiger partial charge on any atom is -0.492 e. The molecular formula is C20H28BN3O3. The molecule has 3 fully saturated rings. The van der Waals surface area contributed by atoms with Gasteiger partial charge in [-0.15, -0.1) is 6.58 Å². The van der Waals surface area contributed by atoms with E-state index in [1.165, 1.54) is 0 Å². The normalized spacial score (nSPS) is 31.9. The summed E-state index contributed by atoms with van der Waals surface area (Å²) in [6, 6.07) is 9.72. The van der Waals surface area contributed by atoms with Gasteiger partial charge in [0.05, 0.1) is 25.5 Å². The number of piperidine rings is 3. The first-order valence-electron chi connectivity index (χ1n) is 9.13. The molecule has 2 unspecified atom stereocenters. The summed E-state index contributed by atoms with van der Waals surface area (Å²) in [5, 5.41) is 15.5. The summed E-state index contributed by atoms with van der Waals surface area (Å²) in [5.74, 6) is 1.95. The Labute approximate surface area is 161 Å². The Morgan fingerprint density at radius 1 is 1.33 bits per heavy atom. The van der Waals surface area contributed by atoms with Crippen LogP contribution in [0.2, 0.25) is 0 Å². The second kappa shape index (κ2) is 7.48. The Hall–Kier alpha value is -2.12. The second-order valence-corrected chi connectivity index (χ2v) is 7.39. The van der Waals surface area contributed by atoms with E-state index in [1.54, 1.807) is 0 Å². The smallest absolute Gasteiger partial charge is 0.235 e. The maximum atomic E-state index is 11.5. The molecule has 3 aliphatic rings. The summed E-state index contributed by atoms with van der Waals surface area (Å²) in [5.41, 5.74) is -1.06. The van der Waals surface area contributed by atoms with Gasteiger partial charge in [-0.05, 0) is 38.3 Å². The minimum absolute atomic E-state index is 0. The molecular weight excluding hydrogens is 341 g/mol. The van der Waals surface area contributed by atoms with Crippen LogP contribution in [0.3, 0.4) is 0 Å². The maximum Gasteiger partial charge on any atom is 0.235 e. The Morgan fingerprint density at radius 2 is 2.04 bits per heavy atom. The molecule has 0 aliphatic carbocycles. The zero-order chi connectivity index (χ0) is 18.2. The Morgan fingerprint density at radius 3 is 2.63 bits per heavy atom. The van der Waals surface area contributed by atoms with Crippen LogP contribution in [0, 0.1) is 6.92 Å². The standard InChI is InChI=1S/C20H25N3O3.BH3/c1-3-9-20(14-25-16-7-5-4-6-8-16)17(24)19(10-12-23(20)13-11-19)18-21-15(2)22-26-18;/h3-8,17,24H,1,9-14H2,2H3;1H3. The fourth-order valence-corrected chi connectivity index (χ4v) is 4.59. The number of fused-ring (bicyclic) bond motifs is 3. The highest BCUT2D eigenvalue weighted by Crippen LogP contribution is 2.51. The van der Waals surface area contributed by atoms with Crippen LogP contribution in [0.5, 0.6) is 5.75 Å². The molecule has 27 heavy (non-hydrogen) atoms. The first-order valence-corrected chi connectivity index (χ1v) is 9.13. The van der Waals surface area contributed by atoms with Crippen molar-refractivity contribution < 1.29 is 14.4 Å². The third kappa shape index (κ3) is 3.09. The van der Waals surface area contributed by atoms with Gasteiger partial charge in [0.1, 0.15) is 12.4 Å². The molecule has 144 valence electrons. The molecule has 0 amide bonds. The first-order chi connectivity index (χ1) is 12.6. The highest BCUT2D eigenvalue weighted by molar-refractivity contribution is 5.75. The van der Waals surface area contributed by atoms with Crippen molar-refractivity contribution in [2.45, 2.75) is 43.2 Å². The third-order valence-corrected chi connectivity index (χ3v) is 6.00. The van der Waals surface area contributed by atoms with Crippen LogP contribution in [0.25, 0.3) is 0 Å². The van der Waals surface area contributed by atoms with Gasteiger partial charge < -0.3 is 14.4 Å². The lowest BCUT2D eigenvalue weighted by molar-refractivity contribution is -0.169. The number of aromatic nitrogens is 2. The van der Waals surface area contributed by atoms with E-state index < -0.39 is 17.1 Å². The van der Waals surface area contributed by atoms with Crippen molar-refractivity contribution >= 4 is 8.41 Å². The van der Waals surface area contributed by atoms with Gasteiger partial charge in [0.15, 0.2) is 5.82 Å². The fraction of sp³-hybridized carbons (Fsp3) is 0.500. The van der Waals surface area contributed by atoms with Gasteiger partial charge in [0, 0.05) is 13.1 Å². The maximum absolute atomic E-state index is 11.5. The van der Waals surface area contributed by atoms with Gasteiger partial charge in [-0.3, -0.25) is 4.90 Å².